The Morgan fingerprint density at radius 2 is 1.78 bits per heavy atom. The lowest BCUT2D eigenvalue weighted by Crippen LogP contribution is -2.31. The summed E-state index contributed by atoms with van der Waals surface area (Å²) in [7, 11) is 1.58. The molecule has 0 aliphatic heterocycles. The predicted octanol–water partition coefficient (Wildman–Crippen LogP) is 2.78. The Kier molecular flexibility index (Phi) is 5.57. The topological polar surface area (TPSA) is 64.6 Å². The molecule has 0 bridgehead atoms. The Hall–Kier alpha value is -2.56. The maximum atomic E-state index is 12.3. The summed E-state index contributed by atoms with van der Waals surface area (Å²) in [5, 5.41) is 4.27. The van der Waals surface area contributed by atoms with Gasteiger partial charge in [0.25, 0.3) is 5.91 Å². The highest BCUT2D eigenvalue weighted by Gasteiger charge is 2.15. The van der Waals surface area contributed by atoms with Crippen LogP contribution in [0.2, 0.25) is 0 Å². The third kappa shape index (κ3) is 4.22. The molecule has 2 aromatic carbocycles. The van der Waals surface area contributed by atoms with E-state index in [2.05, 4.69) is 5.32 Å². The lowest BCUT2D eigenvalue weighted by Gasteiger charge is -2.11. The largest absolute Gasteiger partial charge is 0.496 e. The van der Waals surface area contributed by atoms with Crippen LogP contribution in [0.15, 0.2) is 36.4 Å². The van der Waals surface area contributed by atoms with Gasteiger partial charge in [-0.15, -0.1) is 0 Å². The van der Waals surface area contributed by atoms with Crippen LogP contribution in [0.5, 0.6) is 5.75 Å². The summed E-state index contributed by atoms with van der Waals surface area (Å²) in [6.07, 6.45) is 0. The van der Waals surface area contributed by atoms with Gasteiger partial charge in [-0.1, -0.05) is 38.1 Å². The van der Waals surface area contributed by atoms with E-state index in [1.54, 1.807) is 19.2 Å². The number of amides is 1. The van der Waals surface area contributed by atoms with E-state index >= 15 is 0 Å². The molecule has 122 valence electrons. The van der Waals surface area contributed by atoms with Crippen molar-refractivity contribution in [3.63, 3.8) is 0 Å². The van der Waals surface area contributed by atoms with Gasteiger partial charge in [0, 0.05) is 11.9 Å². The molecule has 2 aromatic rings. The number of carbonyl (C=O) groups is 2. The van der Waals surface area contributed by atoms with E-state index in [1.165, 1.54) is 0 Å². The summed E-state index contributed by atoms with van der Waals surface area (Å²) in [4.78, 5) is 23.9. The molecule has 0 saturated heterocycles. The highest BCUT2D eigenvalue weighted by molar-refractivity contribution is 6.06. The molecule has 0 aliphatic rings. The van der Waals surface area contributed by atoms with Crippen molar-refractivity contribution in [2.45, 2.75) is 13.8 Å². The SMILES string of the molecule is COc1ccc(C(=O)OCC(=O)NCC(C)C)c2ccccc12. The average molecular weight is 315 g/mol. The molecule has 0 heterocycles. The highest BCUT2D eigenvalue weighted by atomic mass is 16.5. The first-order chi connectivity index (χ1) is 11.0. The van der Waals surface area contributed by atoms with Gasteiger partial charge in [-0.25, -0.2) is 4.79 Å². The second-order valence-electron chi connectivity index (χ2n) is 5.64. The number of carbonyl (C=O) groups excluding carboxylic acids is 2. The first-order valence-electron chi connectivity index (χ1n) is 7.52. The fourth-order valence-corrected chi connectivity index (χ4v) is 2.21. The van der Waals surface area contributed by atoms with Crippen molar-refractivity contribution >= 4 is 22.6 Å². The number of rotatable bonds is 6. The zero-order valence-corrected chi connectivity index (χ0v) is 13.6. The summed E-state index contributed by atoms with van der Waals surface area (Å²) in [5.74, 6) is 0.209. The highest BCUT2D eigenvalue weighted by Crippen LogP contribution is 2.28. The van der Waals surface area contributed by atoms with Gasteiger partial charge in [0.2, 0.25) is 0 Å². The van der Waals surface area contributed by atoms with Crippen LogP contribution in [0.1, 0.15) is 24.2 Å². The van der Waals surface area contributed by atoms with E-state index in [9.17, 15) is 9.59 Å². The first kappa shape index (κ1) is 16.8. The normalized spacial score (nSPS) is 10.6. The van der Waals surface area contributed by atoms with Crippen molar-refractivity contribution in [2.24, 2.45) is 5.92 Å². The summed E-state index contributed by atoms with van der Waals surface area (Å²) >= 11 is 0. The van der Waals surface area contributed by atoms with Crippen molar-refractivity contribution in [2.75, 3.05) is 20.3 Å². The van der Waals surface area contributed by atoms with Gasteiger partial charge in [-0.05, 0) is 23.4 Å². The molecule has 0 aliphatic carbocycles. The standard InChI is InChI=1S/C18H21NO4/c1-12(2)10-19-17(20)11-23-18(21)15-8-9-16(22-3)14-7-5-4-6-13(14)15/h4-9,12H,10-11H2,1-3H3,(H,19,20). The maximum Gasteiger partial charge on any atom is 0.339 e. The molecule has 0 radical (unpaired) electrons. The predicted molar refractivity (Wildman–Crippen MR) is 88.6 cm³/mol. The van der Waals surface area contributed by atoms with Crippen molar-refractivity contribution in [1.29, 1.82) is 0 Å². The monoisotopic (exact) mass is 315 g/mol. The molecule has 23 heavy (non-hydrogen) atoms. The summed E-state index contributed by atoms with van der Waals surface area (Å²) in [5.41, 5.74) is 0.415. The van der Waals surface area contributed by atoms with E-state index in [4.69, 9.17) is 9.47 Å². The van der Waals surface area contributed by atoms with E-state index in [1.807, 2.05) is 38.1 Å². The number of benzene rings is 2. The van der Waals surface area contributed by atoms with E-state index in [0.717, 1.165) is 10.8 Å². The van der Waals surface area contributed by atoms with Crippen molar-refractivity contribution in [3.05, 3.63) is 42.0 Å². The Morgan fingerprint density at radius 3 is 2.43 bits per heavy atom. The second-order valence-corrected chi connectivity index (χ2v) is 5.64. The van der Waals surface area contributed by atoms with Crippen LogP contribution in [-0.4, -0.2) is 32.1 Å². The molecule has 1 amide bonds. The van der Waals surface area contributed by atoms with Gasteiger partial charge >= 0.3 is 5.97 Å². The van der Waals surface area contributed by atoms with Gasteiger partial charge < -0.3 is 14.8 Å². The lowest BCUT2D eigenvalue weighted by molar-refractivity contribution is -0.124. The number of ether oxygens (including phenoxy) is 2. The van der Waals surface area contributed by atoms with Gasteiger partial charge in [-0.3, -0.25) is 4.79 Å². The second kappa shape index (κ2) is 7.63. The molecular weight excluding hydrogens is 294 g/mol. The van der Waals surface area contributed by atoms with Crippen molar-refractivity contribution in [3.8, 4) is 5.75 Å². The molecule has 0 fully saturated rings. The molecule has 5 heteroatoms. The molecule has 0 spiro atoms. The molecule has 1 N–H and O–H groups in total. The van der Waals surface area contributed by atoms with E-state index in [-0.39, 0.29) is 12.5 Å². The van der Waals surface area contributed by atoms with Crippen molar-refractivity contribution < 1.29 is 19.1 Å². The van der Waals surface area contributed by atoms with E-state index in [0.29, 0.717) is 23.8 Å². The minimum Gasteiger partial charge on any atom is -0.496 e. The van der Waals surface area contributed by atoms with Crippen LogP contribution in [0.4, 0.5) is 0 Å². The Balaban J connectivity index is 2.11. The number of methoxy groups -OCH3 is 1. The zero-order valence-electron chi connectivity index (χ0n) is 13.6. The summed E-state index contributed by atoms with van der Waals surface area (Å²) in [6.45, 7) is 4.26. The Bertz CT molecular complexity index is 709. The van der Waals surface area contributed by atoms with Crippen LogP contribution in [-0.2, 0) is 9.53 Å². The molecule has 0 saturated carbocycles. The Labute approximate surface area is 135 Å². The van der Waals surface area contributed by atoms with Gasteiger partial charge in [-0.2, -0.15) is 0 Å². The molecule has 5 nitrogen and oxygen atoms in total. The van der Waals surface area contributed by atoms with Gasteiger partial charge in [0.05, 0.1) is 12.7 Å². The van der Waals surface area contributed by atoms with Crippen LogP contribution in [0.25, 0.3) is 10.8 Å². The van der Waals surface area contributed by atoms with E-state index < -0.39 is 5.97 Å². The summed E-state index contributed by atoms with van der Waals surface area (Å²) in [6, 6.07) is 10.8. The van der Waals surface area contributed by atoms with Gasteiger partial charge in [0.15, 0.2) is 6.61 Å². The fourth-order valence-electron chi connectivity index (χ4n) is 2.21. The third-order valence-corrected chi connectivity index (χ3v) is 3.37. The minimum atomic E-state index is -0.524. The number of fused-ring (bicyclic) bond motifs is 1. The quantitative estimate of drug-likeness (QED) is 0.833. The lowest BCUT2D eigenvalue weighted by atomic mass is 10.0. The first-order valence-corrected chi connectivity index (χ1v) is 7.52. The zero-order chi connectivity index (χ0) is 16.8. The minimum absolute atomic E-state index is 0.286. The fraction of sp³-hybridized carbons (Fsp3) is 0.333. The molecule has 0 unspecified atom stereocenters. The van der Waals surface area contributed by atoms with Crippen LogP contribution in [0.3, 0.4) is 0 Å². The molecule has 2 rings (SSSR count). The number of nitrogens with one attached hydrogen (secondary N) is 1. The number of hydrogen-bond donors (Lipinski definition) is 1. The van der Waals surface area contributed by atoms with Crippen molar-refractivity contribution in [1.82, 2.24) is 5.32 Å². The van der Waals surface area contributed by atoms with Crippen LogP contribution >= 0.6 is 0 Å². The summed E-state index contributed by atoms with van der Waals surface area (Å²) < 4.78 is 10.4. The van der Waals surface area contributed by atoms with Gasteiger partial charge in [0.1, 0.15) is 5.75 Å². The molecule has 0 aromatic heterocycles. The number of esters is 1. The van der Waals surface area contributed by atoms with Crippen LogP contribution in [0, 0.1) is 5.92 Å². The van der Waals surface area contributed by atoms with Crippen LogP contribution < -0.4 is 10.1 Å². The molecular formula is C18H21NO4. The number of hydrogen-bond acceptors (Lipinski definition) is 4. The smallest absolute Gasteiger partial charge is 0.339 e. The maximum absolute atomic E-state index is 12.3. The molecule has 0 atom stereocenters. The average Bonchev–Trinajstić information content (AvgIpc) is 2.56. The third-order valence-electron chi connectivity index (χ3n) is 3.37. The Morgan fingerprint density at radius 1 is 1.09 bits per heavy atom.